The van der Waals surface area contributed by atoms with Crippen LogP contribution >= 0.6 is 0 Å². The highest BCUT2D eigenvalue weighted by molar-refractivity contribution is 5.24. The lowest BCUT2D eigenvalue weighted by atomic mass is 9.81. The van der Waals surface area contributed by atoms with E-state index in [1.165, 1.54) is 50.6 Å². The zero-order valence-electron chi connectivity index (χ0n) is 13.7. The fourth-order valence-electron chi connectivity index (χ4n) is 4.32. The highest BCUT2D eigenvalue weighted by Gasteiger charge is 2.37. The van der Waals surface area contributed by atoms with Gasteiger partial charge < -0.3 is 9.84 Å². The van der Waals surface area contributed by atoms with E-state index in [-0.39, 0.29) is 0 Å². The number of nitrogens with one attached hydrogen (secondary N) is 1. The van der Waals surface area contributed by atoms with Gasteiger partial charge in [0.25, 0.3) is 0 Å². The highest BCUT2D eigenvalue weighted by Crippen LogP contribution is 2.34. The van der Waals surface area contributed by atoms with Gasteiger partial charge in [0.1, 0.15) is 5.76 Å². The molecule has 1 atom stereocenters. The smallest absolute Gasteiger partial charge is 0.138 e. The summed E-state index contributed by atoms with van der Waals surface area (Å²) in [5.41, 5.74) is 2.69. The molecule has 1 aromatic heterocycles. The molecule has 1 saturated heterocycles. The van der Waals surface area contributed by atoms with Crippen LogP contribution in [0.1, 0.15) is 68.5 Å². The van der Waals surface area contributed by atoms with Gasteiger partial charge in [-0.25, -0.2) is 0 Å². The molecule has 21 heavy (non-hydrogen) atoms. The molecule has 0 aromatic carbocycles. The lowest BCUT2D eigenvalue weighted by Gasteiger charge is -2.41. The van der Waals surface area contributed by atoms with Crippen molar-refractivity contribution in [3.8, 4) is 0 Å². The van der Waals surface area contributed by atoms with E-state index < -0.39 is 0 Å². The molecule has 0 radical (unpaired) electrons. The predicted octanol–water partition coefficient (Wildman–Crippen LogP) is 3.35. The van der Waals surface area contributed by atoms with Gasteiger partial charge in [0.05, 0.1) is 5.69 Å². The zero-order chi connectivity index (χ0) is 14.9. The van der Waals surface area contributed by atoms with Crippen molar-refractivity contribution < 1.29 is 4.52 Å². The quantitative estimate of drug-likeness (QED) is 0.907. The Morgan fingerprint density at radius 3 is 2.62 bits per heavy atom. The van der Waals surface area contributed by atoms with Crippen LogP contribution in [0.25, 0.3) is 0 Å². The van der Waals surface area contributed by atoms with Crippen LogP contribution in [0.15, 0.2) is 4.52 Å². The van der Waals surface area contributed by atoms with Gasteiger partial charge in [0.15, 0.2) is 0 Å². The molecular formula is C17H29N3O. The van der Waals surface area contributed by atoms with Crippen molar-refractivity contribution in [1.29, 1.82) is 0 Å². The van der Waals surface area contributed by atoms with Crippen LogP contribution in [-0.4, -0.2) is 35.2 Å². The Labute approximate surface area is 128 Å². The average molecular weight is 291 g/mol. The predicted molar refractivity (Wildman–Crippen MR) is 84.4 cm³/mol. The van der Waals surface area contributed by atoms with Crippen molar-refractivity contribution in [2.45, 2.75) is 70.9 Å². The van der Waals surface area contributed by atoms with Gasteiger partial charge in [0, 0.05) is 30.2 Å². The normalized spacial score (nSPS) is 24.9. The first kappa shape index (κ1) is 15.0. The Kier molecular flexibility index (Phi) is 4.36. The van der Waals surface area contributed by atoms with E-state index in [2.05, 4.69) is 29.2 Å². The Bertz CT molecular complexity index is 457. The molecule has 1 N–H and O–H groups in total. The summed E-state index contributed by atoms with van der Waals surface area (Å²) in [4.78, 5) is 2.65. The average Bonchev–Trinajstić information content (AvgIpc) is 2.70. The molecule has 1 spiro atoms. The minimum absolute atomic E-state index is 0.349. The molecule has 1 aromatic rings. The van der Waals surface area contributed by atoms with Crippen LogP contribution < -0.4 is 5.32 Å². The second-order valence-electron chi connectivity index (χ2n) is 7.01. The monoisotopic (exact) mass is 291 g/mol. The number of aryl methyl sites for hydroxylation is 2. The molecule has 2 heterocycles. The van der Waals surface area contributed by atoms with Crippen LogP contribution in [0.4, 0.5) is 0 Å². The molecule has 1 aliphatic heterocycles. The van der Waals surface area contributed by atoms with Gasteiger partial charge in [-0.05, 0) is 46.6 Å². The lowest BCUT2D eigenvalue weighted by molar-refractivity contribution is 0.133. The third kappa shape index (κ3) is 3.02. The van der Waals surface area contributed by atoms with E-state index in [1.54, 1.807) is 0 Å². The Morgan fingerprint density at radius 2 is 1.95 bits per heavy atom. The molecule has 4 heteroatoms. The molecular weight excluding hydrogens is 262 g/mol. The van der Waals surface area contributed by atoms with Crippen LogP contribution in [0.3, 0.4) is 0 Å². The third-order valence-electron chi connectivity index (χ3n) is 5.49. The van der Waals surface area contributed by atoms with Crippen LogP contribution in [0.2, 0.25) is 0 Å². The molecule has 0 bridgehead atoms. The van der Waals surface area contributed by atoms with Crippen molar-refractivity contribution in [2.75, 3.05) is 19.6 Å². The van der Waals surface area contributed by atoms with Gasteiger partial charge in [-0.15, -0.1) is 0 Å². The Balaban J connectivity index is 1.80. The van der Waals surface area contributed by atoms with Gasteiger partial charge >= 0.3 is 0 Å². The second kappa shape index (κ2) is 6.09. The summed E-state index contributed by atoms with van der Waals surface area (Å²) in [5, 5.41) is 8.02. The van der Waals surface area contributed by atoms with E-state index in [0.29, 0.717) is 11.6 Å². The summed E-state index contributed by atoms with van der Waals surface area (Å²) < 4.78 is 5.38. The van der Waals surface area contributed by atoms with Gasteiger partial charge in [0.2, 0.25) is 0 Å². The van der Waals surface area contributed by atoms with E-state index in [0.717, 1.165) is 24.5 Å². The third-order valence-corrected chi connectivity index (χ3v) is 5.49. The molecule has 2 fully saturated rings. The minimum atomic E-state index is 0.349. The van der Waals surface area contributed by atoms with E-state index in [9.17, 15) is 0 Å². The summed E-state index contributed by atoms with van der Waals surface area (Å²) in [7, 11) is 0. The topological polar surface area (TPSA) is 41.3 Å². The molecule has 118 valence electrons. The maximum Gasteiger partial charge on any atom is 0.138 e. The van der Waals surface area contributed by atoms with Gasteiger partial charge in [-0.2, -0.15) is 0 Å². The van der Waals surface area contributed by atoms with Gasteiger partial charge in [-0.1, -0.05) is 24.4 Å². The number of hydrogen-bond acceptors (Lipinski definition) is 4. The minimum Gasteiger partial charge on any atom is -0.361 e. The van der Waals surface area contributed by atoms with E-state index >= 15 is 0 Å². The maximum absolute atomic E-state index is 5.38. The maximum atomic E-state index is 5.38. The summed E-state index contributed by atoms with van der Waals surface area (Å²) in [6.45, 7) is 9.91. The molecule has 3 rings (SSSR count). The summed E-state index contributed by atoms with van der Waals surface area (Å²) in [6, 6.07) is 0.398. The van der Waals surface area contributed by atoms with Crippen molar-refractivity contribution >= 4 is 0 Å². The number of nitrogens with zero attached hydrogens (tertiary/aromatic N) is 2. The Morgan fingerprint density at radius 1 is 1.19 bits per heavy atom. The number of rotatable bonds is 2. The van der Waals surface area contributed by atoms with E-state index in [4.69, 9.17) is 4.52 Å². The number of aromatic nitrogens is 1. The molecule has 4 nitrogen and oxygen atoms in total. The number of hydrogen-bond donors (Lipinski definition) is 1. The lowest BCUT2D eigenvalue weighted by Crippen LogP contribution is -2.53. The van der Waals surface area contributed by atoms with Crippen molar-refractivity contribution in [2.24, 2.45) is 0 Å². The van der Waals surface area contributed by atoms with Crippen LogP contribution in [-0.2, 0) is 0 Å². The molecule has 1 unspecified atom stereocenters. The first-order valence-corrected chi connectivity index (χ1v) is 8.53. The SMILES string of the molecule is Cc1noc(C)c1C(C)N1CCCNC2(CCCCC2)C1. The standard InChI is InChI=1S/C17H29N3O/c1-13-16(15(3)21-19-13)14(2)20-11-7-10-18-17(12-20)8-5-4-6-9-17/h14,18H,4-12H2,1-3H3. The van der Waals surface area contributed by atoms with Crippen molar-refractivity contribution in [3.63, 3.8) is 0 Å². The molecule has 1 aliphatic carbocycles. The van der Waals surface area contributed by atoms with Crippen molar-refractivity contribution in [3.05, 3.63) is 17.0 Å². The Hall–Kier alpha value is -0.870. The largest absolute Gasteiger partial charge is 0.361 e. The molecule has 0 amide bonds. The first-order chi connectivity index (χ1) is 10.1. The fraction of sp³-hybridized carbons (Fsp3) is 0.824. The van der Waals surface area contributed by atoms with Crippen LogP contribution in [0, 0.1) is 13.8 Å². The fourth-order valence-corrected chi connectivity index (χ4v) is 4.32. The molecule has 1 saturated carbocycles. The van der Waals surface area contributed by atoms with Crippen molar-refractivity contribution in [1.82, 2.24) is 15.4 Å². The first-order valence-electron chi connectivity index (χ1n) is 8.53. The summed E-state index contributed by atoms with van der Waals surface area (Å²) in [6.07, 6.45) is 8.05. The summed E-state index contributed by atoms with van der Waals surface area (Å²) in [5.74, 6) is 0.981. The molecule has 2 aliphatic rings. The highest BCUT2D eigenvalue weighted by atomic mass is 16.5. The second-order valence-corrected chi connectivity index (χ2v) is 7.01. The summed E-state index contributed by atoms with van der Waals surface area (Å²) >= 11 is 0. The zero-order valence-corrected chi connectivity index (χ0v) is 13.7. The van der Waals surface area contributed by atoms with Crippen LogP contribution in [0.5, 0.6) is 0 Å². The van der Waals surface area contributed by atoms with Gasteiger partial charge in [-0.3, -0.25) is 4.90 Å². The van der Waals surface area contributed by atoms with E-state index in [1.807, 2.05) is 6.92 Å².